The van der Waals surface area contributed by atoms with Gasteiger partial charge in [-0.15, -0.1) is 0 Å². The topological polar surface area (TPSA) is 69.1 Å². The molecule has 138 valence electrons. The van der Waals surface area contributed by atoms with Crippen molar-refractivity contribution < 1.29 is 9.21 Å². The predicted molar refractivity (Wildman–Crippen MR) is 101 cm³/mol. The van der Waals surface area contributed by atoms with Gasteiger partial charge in [-0.1, -0.05) is 0 Å². The molecule has 3 aromatic rings. The fraction of sp³-hybridized carbons (Fsp3) is 0.389. The summed E-state index contributed by atoms with van der Waals surface area (Å²) in [5.41, 5.74) is 4.01. The van der Waals surface area contributed by atoms with Gasteiger partial charge in [0, 0.05) is 31.9 Å². The second-order valence-corrected chi connectivity index (χ2v) is 7.24. The Morgan fingerprint density at radius 1 is 1.27 bits per heavy atom. The lowest BCUT2D eigenvalue weighted by Gasteiger charge is -2.15. The molecular weight excluding hydrogens is 398 g/mol. The van der Waals surface area contributed by atoms with Crippen LogP contribution in [0.25, 0.3) is 0 Å². The van der Waals surface area contributed by atoms with Crippen LogP contribution in [0.5, 0.6) is 0 Å². The number of halogens is 1. The first-order valence-electron chi connectivity index (χ1n) is 8.29. The Kier molecular flexibility index (Phi) is 5.04. The van der Waals surface area contributed by atoms with E-state index in [0.717, 1.165) is 27.1 Å². The van der Waals surface area contributed by atoms with Crippen molar-refractivity contribution in [3.63, 3.8) is 0 Å². The highest BCUT2D eigenvalue weighted by Gasteiger charge is 2.19. The Bertz CT molecular complexity index is 953. The van der Waals surface area contributed by atoms with Crippen molar-refractivity contribution in [2.45, 2.75) is 33.9 Å². The molecule has 3 rings (SSSR count). The zero-order valence-corrected chi connectivity index (χ0v) is 17.2. The van der Waals surface area contributed by atoms with Gasteiger partial charge in [-0.3, -0.25) is 14.2 Å². The summed E-state index contributed by atoms with van der Waals surface area (Å²) >= 11 is 3.52. The van der Waals surface area contributed by atoms with Gasteiger partial charge in [-0.05, 0) is 48.8 Å². The van der Waals surface area contributed by atoms with Crippen LogP contribution >= 0.6 is 15.9 Å². The van der Waals surface area contributed by atoms with Crippen molar-refractivity contribution in [1.29, 1.82) is 0 Å². The summed E-state index contributed by atoms with van der Waals surface area (Å²) < 4.78 is 10.4. The van der Waals surface area contributed by atoms with Crippen molar-refractivity contribution in [3.05, 3.63) is 57.0 Å². The number of carbonyl (C=O) groups is 1. The minimum Gasteiger partial charge on any atom is -0.454 e. The second kappa shape index (κ2) is 7.11. The van der Waals surface area contributed by atoms with E-state index in [4.69, 9.17) is 4.42 Å². The van der Waals surface area contributed by atoms with Crippen molar-refractivity contribution >= 4 is 21.8 Å². The van der Waals surface area contributed by atoms with Crippen molar-refractivity contribution in [1.82, 2.24) is 24.5 Å². The van der Waals surface area contributed by atoms with Crippen LogP contribution in [0.1, 0.15) is 39.0 Å². The fourth-order valence-electron chi connectivity index (χ4n) is 2.77. The van der Waals surface area contributed by atoms with Gasteiger partial charge in [-0.2, -0.15) is 10.2 Å². The number of rotatable bonds is 5. The maximum atomic E-state index is 12.6. The van der Waals surface area contributed by atoms with Gasteiger partial charge in [0.1, 0.15) is 5.76 Å². The minimum atomic E-state index is -0.158. The molecular formula is C18H22BrN5O2. The SMILES string of the molecule is Cc1nn(Cc2ccc(C(=O)N(C)Cc3cnn(C)c3C)o2)c(C)c1Br. The predicted octanol–water partition coefficient (Wildman–Crippen LogP) is 3.22. The van der Waals surface area contributed by atoms with Crippen molar-refractivity contribution in [3.8, 4) is 0 Å². The van der Waals surface area contributed by atoms with Crippen LogP contribution in [-0.4, -0.2) is 37.4 Å². The highest BCUT2D eigenvalue weighted by atomic mass is 79.9. The molecule has 0 radical (unpaired) electrons. The van der Waals surface area contributed by atoms with Gasteiger partial charge in [0.05, 0.1) is 28.6 Å². The number of amides is 1. The van der Waals surface area contributed by atoms with E-state index in [9.17, 15) is 4.79 Å². The van der Waals surface area contributed by atoms with Gasteiger partial charge in [0.15, 0.2) is 5.76 Å². The lowest BCUT2D eigenvalue weighted by atomic mass is 10.2. The third-order valence-corrected chi connectivity index (χ3v) is 5.71. The molecule has 0 atom stereocenters. The number of furan rings is 1. The number of nitrogens with zero attached hydrogens (tertiary/aromatic N) is 5. The van der Waals surface area contributed by atoms with Gasteiger partial charge >= 0.3 is 0 Å². The molecule has 26 heavy (non-hydrogen) atoms. The van der Waals surface area contributed by atoms with E-state index in [0.29, 0.717) is 24.6 Å². The molecule has 7 nitrogen and oxygen atoms in total. The highest BCUT2D eigenvalue weighted by Crippen LogP contribution is 2.21. The smallest absolute Gasteiger partial charge is 0.289 e. The van der Waals surface area contributed by atoms with Gasteiger partial charge < -0.3 is 9.32 Å². The van der Waals surface area contributed by atoms with E-state index in [1.165, 1.54) is 0 Å². The van der Waals surface area contributed by atoms with Crippen LogP contribution in [0.3, 0.4) is 0 Å². The Morgan fingerprint density at radius 3 is 2.58 bits per heavy atom. The molecule has 0 N–H and O–H groups in total. The average Bonchev–Trinajstić information content (AvgIpc) is 3.26. The Balaban J connectivity index is 1.71. The molecule has 0 bridgehead atoms. The lowest BCUT2D eigenvalue weighted by molar-refractivity contribution is 0.0751. The third kappa shape index (κ3) is 3.46. The molecule has 0 unspecified atom stereocenters. The summed E-state index contributed by atoms with van der Waals surface area (Å²) in [4.78, 5) is 14.3. The zero-order valence-electron chi connectivity index (χ0n) is 15.6. The van der Waals surface area contributed by atoms with E-state index in [-0.39, 0.29) is 5.91 Å². The van der Waals surface area contributed by atoms with Crippen LogP contribution in [0.15, 0.2) is 27.2 Å². The van der Waals surface area contributed by atoms with Gasteiger partial charge in [-0.25, -0.2) is 0 Å². The average molecular weight is 420 g/mol. The first-order valence-corrected chi connectivity index (χ1v) is 9.08. The summed E-state index contributed by atoms with van der Waals surface area (Å²) in [5.74, 6) is 0.857. The Morgan fingerprint density at radius 2 is 2.00 bits per heavy atom. The molecule has 0 aliphatic heterocycles. The van der Waals surface area contributed by atoms with Crippen LogP contribution in [-0.2, 0) is 20.1 Å². The maximum absolute atomic E-state index is 12.6. The first kappa shape index (κ1) is 18.4. The van der Waals surface area contributed by atoms with Crippen molar-refractivity contribution in [2.24, 2.45) is 7.05 Å². The molecule has 8 heteroatoms. The monoisotopic (exact) mass is 419 g/mol. The number of hydrogen-bond donors (Lipinski definition) is 0. The summed E-state index contributed by atoms with van der Waals surface area (Å²) in [5, 5.41) is 8.68. The summed E-state index contributed by atoms with van der Waals surface area (Å²) in [6, 6.07) is 3.53. The normalized spacial score (nSPS) is 11.2. The Hall–Kier alpha value is -2.35. The summed E-state index contributed by atoms with van der Waals surface area (Å²) in [7, 11) is 3.64. The standard InChI is InChI=1S/C18H22BrN5O2/c1-11-17(19)13(3)24(21-11)10-15-6-7-16(26-15)18(25)22(4)9-14-8-20-23(5)12(14)2/h6-8H,9-10H2,1-5H3. The van der Waals surface area contributed by atoms with E-state index in [1.54, 1.807) is 28.9 Å². The maximum Gasteiger partial charge on any atom is 0.289 e. The zero-order chi connectivity index (χ0) is 19.0. The third-order valence-electron chi connectivity index (χ3n) is 4.56. The van der Waals surface area contributed by atoms with Gasteiger partial charge in [0.2, 0.25) is 0 Å². The molecule has 0 aliphatic carbocycles. The number of aromatic nitrogens is 4. The second-order valence-electron chi connectivity index (χ2n) is 6.45. The molecule has 0 saturated carbocycles. The van der Waals surface area contributed by atoms with Crippen LogP contribution in [0, 0.1) is 20.8 Å². The number of aryl methyl sites for hydroxylation is 2. The fourth-order valence-corrected chi connectivity index (χ4v) is 3.05. The van der Waals surface area contributed by atoms with Crippen molar-refractivity contribution in [2.75, 3.05) is 7.05 Å². The van der Waals surface area contributed by atoms with Crippen LogP contribution in [0.4, 0.5) is 0 Å². The molecule has 3 heterocycles. The molecule has 0 saturated heterocycles. The minimum absolute atomic E-state index is 0.158. The quantitative estimate of drug-likeness (QED) is 0.636. The van der Waals surface area contributed by atoms with E-state index < -0.39 is 0 Å². The van der Waals surface area contributed by atoms with Crippen LogP contribution < -0.4 is 0 Å². The summed E-state index contributed by atoms with van der Waals surface area (Å²) in [6.45, 7) is 6.89. The highest BCUT2D eigenvalue weighted by molar-refractivity contribution is 9.10. The van der Waals surface area contributed by atoms with E-state index in [1.807, 2.05) is 38.6 Å². The molecule has 0 aromatic carbocycles. The molecule has 0 aliphatic rings. The largest absolute Gasteiger partial charge is 0.454 e. The Labute approximate surface area is 160 Å². The summed E-state index contributed by atoms with van der Waals surface area (Å²) in [6.07, 6.45) is 1.79. The first-order chi connectivity index (χ1) is 12.3. The van der Waals surface area contributed by atoms with Crippen LogP contribution in [0.2, 0.25) is 0 Å². The lowest BCUT2D eigenvalue weighted by Crippen LogP contribution is -2.26. The molecule has 0 spiro atoms. The number of carbonyl (C=O) groups excluding carboxylic acids is 1. The number of hydrogen-bond acceptors (Lipinski definition) is 4. The molecule has 0 fully saturated rings. The molecule has 3 aromatic heterocycles. The van der Waals surface area contributed by atoms with E-state index >= 15 is 0 Å². The van der Waals surface area contributed by atoms with Gasteiger partial charge in [0.25, 0.3) is 5.91 Å². The van der Waals surface area contributed by atoms with E-state index in [2.05, 4.69) is 26.1 Å². The molecule has 1 amide bonds.